The summed E-state index contributed by atoms with van der Waals surface area (Å²) >= 11 is 0. The summed E-state index contributed by atoms with van der Waals surface area (Å²) in [6.07, 6.45) is 3.35. The quantitative estimate of drug-likeness (QED) is 0.635. The van der Waals surface area contributed by atoms with Gasteiger partial charge in [0.25, 0.3) is 0 Å². The van der Waals surface area contributed by atoms with E-state index in [1.165, 1.54) is 4.90 Å². The Hall–Kier alpha value is -2.76. The van der Waals surface area contributed by atoms with Crippen molar-refractivity contribution in [1.82, 2.24) is 9.97 Å². The fourth-order valence-electron chi connectivity index (χ4n) is 2.65. The molecule has 6 nitrogen and oxygen atoms in total. The summed E-state index contributed by atoms with van der Waals surface area (Å²) in [5.74, 6) is -1.14. The lowest BCUT2D eigenvalue weighted by molar-refractivity contribution is -0.151. The van der Waals surface area contributed by atoms with Crippen LogP contribution in [0.25, 0.3) is 0 Å². The van der Waals surface area contributed by atoms with Gasteiger partial charge in [-0.05, 0) is 12.5 Å². The van der Waals surface area contributed by atoms with Gasteiger partial charge in [0, 0.05) is 18.8 Å². The van der Waals surface area contributed by atoms with E-state index >= 15 is 0 Å². The van der Waals surface area contributed by atoms with E-state index in [0.29, 0.717) is 18.1 Å². The molecule has 0 saturated carbocycles. The van der Waals surface area contributed by atoms with Gasteiger partial charge < -0.3 is 4.74 Å². The van der Waals surface area contributed by atoms with Gasteiger partial charge in [0.05, 0.1) is 18.8 Å². The second-order valence-corrected chi connectivity index (χ2v) is 5.25. The lowest BCUT2D eigenvalue weighted by Gasteiger charge is -2.31. The molecule has 1 unspecified atom stereocenters. The highest BCUT2D eigenvalue weighted by Crippen LogP contribution is 2.29. The van der Waals surface area contributed by atoms with E-state index in [-0.39, 0.29) is 18.9 Å². The number of nitrogens with zero attached hydrogens (tertiary/aromatic N) is 3. The minimum Gasteiger partial charge on any atom is -0.465 e. The summed E-state index contributed by atoms with van der Waals surface area (Å²) in [5, 5.41) is 0. The van der Waals surface area contributed by atoms with Crippen molar-refractivity contribution in [2.24, 2.45) is 5.92 Å². The van der Waals surface area contributed by atoms with Crippen LogP contribution in [0, 0.1) is 5.92 Å². The molecule has 1 aliphatic heterocycles. The molecule has 1 aromatic heterocycles. The summed E-state index contributed by atoms with van der Waals surface area (Å²) in [7, 11) is 0. The third-order valence-electron chi connectivity index (χ3n) is 3.72. The van der Waals surface area contributed by atoms with Crippen molar-refractivity contribution >= 4 is 17.7 Å². The van der Waals surface area contributed by atoms with Gasteiger partial charge in [0.15, 0.2) is 5.82 Å². The molecule has 0 spiro atoms. The number of carbonyl (C=O) groups excluding carboxylic acids is 2. The van der Waals surface area contributed by atoms with Crippen LogP contribution in [0.1, 0.15) is 18.2 Å². The van der Waals surface area contributed by atoms with Gasteiger partial charge in [0.1, 0.15) is 5.92 Å². The summed E-state index contributed by atoms with van der Waals surface area (Å²) in [6.45, 7) is 2.32. The Morgan fingerprint density at radius 3 is 2.74 bits per heavy atom. The molecule has 0 N–H and O–H groups in total. The van der Waals surface area contributed by atoms with Gasteiger partial charge in [0.2, 0.25) is 5.91 Å². The number of benzene rings is 1. The van der Waals surface area contributed by atoms with Crippen molar-refractivity contribution in [2.75, 3.05) is 11.5 Å². The van der Waals surface area contributed by atoms with Gasteiger partial charge in [-0.25, -0.2) is 4.98 Å². The normalized spacial score (nSPS) is 16.8. The van der Waals surface area contributed by atoms with Crippen LogP contribution in [0.2, 0.25) is 0 Å². The SMILES string of the molecule is CCOC(=O)C1Cc2nccnc2N(Cc2ccccc2)C1=O. The summed E-state index contributed by atoms with van der Waals surface area (Å²) < 4.78 is 5.03. The van der Waals surface area contributed by atoms with Gasteiger partial charge in [-0.1, -0.05) is 30.3 Å². The fourth-order valence-corrected chi connectivity index (χ4v) is 2.65. The first-order valence-electron chi connectivity index (χ1n) is 7.52. The molecule has 1 aromatic carbocycles. The standard InChI is InChI=1S/C17H17N3O3/c1-2-23-17(22)13-10-14-15(19-9-8-18-14)20(16(13)21)11-12-6-4-3-5-7-12/h3-9,13H,2,10-11H2,1H3. The lowest BCUT2D eigenvalue weighted by Crippen LogP contribution is -2.45. The Morgan fingerprint density at radius 1 is 1.26 bits per heavy atom. The van der Waals surface area contributed by atoms with Crippen molar-refractivity contribution in [3.63, 3.8) is 0 Å². The molecule has 6 heteroatoms. The van der Waals surface area contributed by atoms with Crippen LogP contribution in [-0.2, 0) is 27.3 Å². The second kappa shape index (κ2) is 6.56. The van der Waals surface area contributed by atoms with E-state index in [4.69, 9.17) is 4.74 Å². The van der Waals surface area contributed by atoms with Crippen LogP contribution in [0.5, 0.6) is 0 Å². The maximum atomic E-state index is 12.8. The van der Waals surface area contributed by atoms with Crippen LogP contribution < -0.4 is 4.90 Å². The number of rotatable bonds is 4. The highest BCUT2D eigenvalue weighted by Gasteiger charge is 2.39. The number of hydrogen-bond donors (Lipinski definition) is 0. The maximum Gasteiger partial charge on any atom is 0.318 e. The molecule has 2 aromatic rings. The molecule has 0 aliphatic carbocycles. The topological polar surface area (TPSA) is 72.4 Å². The molecular weight excluding hydrogens is 294 g/mol. The predicted octanol–water partition coefficient (Wildman–Crippen LogP) is 1.75. The molecule has 0 radical (unpaired) electrons. The Kier molecular flexibility index (Phi) is 4.32. The summed E-state index contributed by atoms with van der Waals surface area (Å²) in [4.78, 5) is 34.9. The van der Waals surface area contributed by atoms with Crippen LogP contribution >= 0.6 is 0 Å². The van der Waals surface area contributed by atoms with Gasteiger partial charge >= 0.3 is 5.97 Å². The van der Waals surface area contributed by atoms with Crippen molar-refractivity contribution in [2.45, 2.75) is 19.9 Å². The minimum absolute atomic E-state index is 0.228. The highest BCUT2D eigenvalue weighted by atomic mass is 16.5. The van der Waals surface area contributed by atoms with E-state index in [9.17, 15) is 9.59 Å². The molecule has 0 bridgehead atoms. The van der Waals surface area contributed by atoms with E-state index in [0.717, 1.165) is 5.56 Å². The van der Waals surface area contributed by atoms with E-state index in [2.05, 4.69) is 9.97 Å². The third-order valence-corrected chi connectivity index (χ3v) is 3.72. The number of amides is 1. The Labute approximate surface area is 134 Å². The molecule has 118 valence electrons. The zero-order valence-corrected chi connectivity index (χ0v) is 12.8. The largest absolute Gasteiger partial charge is 0.465 e. The van der Waals surface area contributed by atoms with Crippen molar-refractivity contribution < 1.29 is 14.3 Å². The fraction of sp³-hybridized carbons (Fsp3) is 0.294. The molecular formula is C17H17N3O3. The average Bonchev–Trinajstić information content (AvgIpc) is 2.58. The van der Waals surface area contributed by atoms with E-state index < -0.39 is 11.9 Å². The first-order chi connectivity index (χ1) is 11.2. The van der Waals surface area contributed by atoms with E-state index in [1.54, 1.807) is 19.3 Å². The summed E-state index contributed by atoms with van der Waals surface area (Å²) in [5.41, 5.74) is 1.60. The number of aromatic nitrogens is 2. The lowest BCUT2D eigenvalue weighted by atomic mass is 9.96. The molecule has 1 aliphatic rings. The molecule has 1 amide bonds. The number of hydrogen-bond acceptors (Lipinski definition) is 5. The van der Waals surface area contributed by atoms with Crippen LogP contribution in [0.4, 0.5) is 5.82 Å². The molecule has 0 saturated heterocycles. The van der Waals surface area contributed by atoms with Crippen molar-refractivity contribution in [3.05, 3.63) is 54.0 Å². The van der Waals surface area contributed by atoms with Crippen LogP contribution in [-0.4, -0.2) is 28.5 Å². The first kappa shape index (κ1) is 15.1. The Bertz CT molecular complexity index is 718. The number of esters is 1. The van der Waals surface area contributed by atoms with Gasteiger partial charge in [-0.3, -0.25) is 19.5 Å². The first-order valence-corrected chi connectivity index (χ1v) is 7.52. The molecule has 2 heterocycles. The van der Waals surface area contributed by atoms with Crippen molar-refractivity contribution in [1.29, 1.82) is 0 Å². The average molecular weight is 311 g/mol. The Balaban J connectivity index is 1.95. The monoisotopic (exact) mass is 311 g/mol. The van der Waals surface area contributed by atoms with Crippen LogP contribution in [0.3, 0.4) is 0 Å². The number of fused-ring (bicyclic) bond motifs is 1. The second-order valence-electron chi connectivity index (χ2n) is 5.25. The third kappa shape index (κ3) is 3.06. The molecule has 0 fully saturated rings. The van der Waals surface area contributed by atoms with Gasteiger partial charge in [-0.15, -0.1) is 0 Å². The smallest absolute Gasteiger partial charge is 0.318 e. The van der Waals surface area contributed by atoms with Gasteiger partial charge in [-0.2, -0.15) is 0 Å². The minimum atomic E-state index is -0.858. The van der Waals surface area contributed by atoms with E-state index in [1.807, 2.05) is 30.3 Å². The predicted molar refractivity (Wildman–Crippen MR) is 83.5 cm³/mol. The highest BCUT2D eigenvalue weighted by molar-refractivity contribution is 6.07. The zero-order valence-electron chi connectivity index (χ0n) is 12.8. The summed E-state index contributed by atoms with van der Waals surface area (Å²) in [6, 6.07) is 9.58. The number of carbonyl (C=O) groups is 2. The molecule has 1 atom stereocenters. The van der Waals surface area contributed by atoms with Crippen LogP contribution in [0.15, 0.2) is 42.7 Å². The van der Waals surface area contributed by atoms with Crippen molar-refractivity contribution in [3.8, 4) is 0 Å². The zero-order chi connectivity index (χ0) is 16.2. The molecule has 23 heavy (non-hydrogen) atoms. The molecule has 3 rings (SSSR count). The Morgan fingerprint density at radius 2 is 2.00 bits per heavy atom. The number of anilines is 1. The maximum absolute atomic E-state index is 12.8. The number of ether oxygens (including phenoxy) is 1.